The molecule has 1 aliphatic carbocycles. The summed E-state index contributed by atoms with van der Waals surface area (Å²) in [6, 6.07) is 0. The smallest absolute Gasteiger partial charge is 0.307 e. The fraction of sp³-hybridized carbons (Fsp3) is 0.778. The van der Waals surface area contributed by atoms with Crippen LogP contribution in [-0.4, -0.2) is 36.5 Å². The van der Waals surface area contributed by atoms with Gasteiger partial charge in [0.15, 0.2) is 0 Å². The average Bonchev–Trinajstić information content (AvgIpc) is 2.47. The van der Waals surface area contributed by atoms with Gasteiger partial charge in [-0.15, -0.1) is 0 Å². The molecule has 0 aromatic heterocycles. The van der Waals surface area contributed by atoms with Crippen LogP contribution in [0.25, 0.3) is 0 Å². The third-order valence-corrected chi connectivity index (χ3v) is 3.91. The third-order valence-electron chi connectivity index (χ3n) is 3.91. The predicted octanol–water partition coefficient (Wildman–Crippen LogP) is 3.70. The summed E-state index contributed by atoms with van der Waals surface area (Å²) < 4.78 is 4.96. The summed E-state index contributed by atoms with van der Waals surface area (Å²) in [6.07, 6.45) is 8.95. The van der Waals surface area contributed by atoms with Gasteiger partial charge in [0.25, 0.3) is 0 Å². The van der Waals surface area contributed by atoms with Gasteiger partial charge in [0.2, 0.25) is 5.91 Å². The number of carbonyl (C=O) groups is 2. The molecule has 1 aliphatic rings. The maximum absolute atomic E-state index is 12.4. The number of amides is 1. The molecule has 0 bridgehead atoms. The first-order valence-electron chi connectivity index (χ1n) is 8.64. The van der Waals surface area contributed by atoms with Gasteiger partial charge in [0, 0.05) is 19.5 Å². The van der Waals surface area contributed by atoms with E-state index in [1.165, 1.54) is 18.4 Å². The van der Waals surface area contributed by atoms with Gasteiger partial charge in [0.1, 0.15) is 0 Å². The second-order valence-corrected chi connectivity index (χ2v) is 6.39. The van der Waals surface area contributed by atoms with Gasteiger partial charge in [-0.3, -0.25) is 9.59 Å². The molecule has 1 rings (SSSR count). The van der Waals surface area contributed by atoms with E-state index in [-0.39, 0.29) is 18.3 Å². The van der Waals surface area contributed by atoms with Gasteiger partial charge in [-0.2, -0.15) is 0 Å². The lowest BCUT2D eigenvalue weighted by Gasteiger charge is -2.24. The van der Waals surface area contributed by atoms with E-state index in [0.717, 1.165) is 25.8 Å². The van der Waals surface area contributed by atoms with Gasteiger partial charge in [-0.05, 0) is 44.9 Å². The Morgan fingerprint density at radius 2 is 2.05 bits per heavy atom. The van der Waals surface area contributed by atoms with Crippen molar-refractivity contribution in [2.75, 3.05) is 19.7 Å². The van der Waals surface area contributed by atoms with Gasteiger partial charge in [0.05, 0.1) is 13.0 Å². The first-order chi connectivity index (χ1) is 10.5. The second kappa shape index (κ2) is 10.4. The lowest BCUT2D eigenvalue weighted by atomic mass is 9.97. The van der Waals surface area contributed by atoms with Crippen molar-refractivity contribution in [2.24, 2.45) is 5.92 Å². The van der Waals surface area contributed by atoms with Crippen LogP contribution in [0.5, 0.6) is 0 Å². The summed E-state index contributed by atoms with van der Waals surface area (Å²) >= 11 is 0. The van der Waals surface area contributed by atoms with E-state index in [9.17, 15) is 9.59 Å². The van der Waals surface area contributed by atoms with Crippen LogP contribution in [0, 0.1) is 5.92 Å². The number of nitrogens with zero attached hydrogens (tertiary/aromatic N) is 1. The van der Waals surface area contributed by atoms with E-state index >= 15 is 0 Å². The molecule has 0 fully saturated rings. The largest absolute Gasteiger partial charge is 0.466 e. The Labute approximate surface area is 134 Å². The number of allylic oxidation sites excluding steroid dienone is 1. The van der Waals surface area contributed by atoms with E-state index in [1.54, 1.807) is 6.92 Å². The summed E-state index contributed by atoms with van der Waals surface area (Å²) in [7, 11) is 0. The average molecular weight is 309 g/mol. The molecule has 0 atom stereocenters. The van der Waals surface area contributed by atoms with Crippen LogP contribution >= 0.6 is 0 Å². The minimum atomic E-state index is -0.221. The Balaban J connectivity index is 2.50. The highest BCUT2D eigenvalue weighted by Crippen LogP contribution is 2.20. The molecule has 0 unspecified atom stereocenters. The molecule has 126 valence electrons. The zero-order chi connectivity index (χ0) is 16.4. The van der Waals surface area contributed by atoms with Crippen LogP contribution in [-0.2, 0) is 14.3 Å². The number of carbonyl (C=O) groups excluding carboxylic acids is 2. The standard InChI is InChI=1S/C18H31NO3/c1-4-22-18(21)11-13-19(17(20)14-15(2)3)12-10-16-8-6-5-7-9-16/h8,15H,4-7,9-14H2,1-3H3. The van der Waals surface area contributed by atoms with E-state index in [1.807, 2.05) is 18.7 Å². The van der Waals surface area contributed by atoms with E-state index < -0.39 is 0 Å². The van der Waals surface area contributed by atoms with Crippen LogP contribution in [0.15, 0.2) is 11.6 Å². The predicted molar refractivity (Wildman–Crippen MR) is 88.5 cm³/mol. The molecule has 0 aromatic rings. The van der Waals surface area contributed by atoms with Crippen LogP contribution in [0.3, 0.4) is 0 Å². The normalized spacial score (nSPS) is 14.6. The quantitative estimate of drug-likeness (QED) is 0.482. The lowest BCUT2D eigenvalue weighted by Crippen LogP contribution is -2.35. The monoisotopic (exact) mass is 309 g/mol. The molecule has 0 saturated heterocycles. The van der Waals surface area contributed by atoms with Gasteiger partial charge >= 0.3 is 5.97 Å². The van der Waals surface area contributed by atoms with Crippen molar-refractivity contribution in [1.82, 2.24) is 4.90 Å². The number of hydrogen-bond donors (Lipinski definition) is 0. The van der Waals surface area contributed by atoms with Gasteiger partial charge in [-0.1, -0.05) is 25.5 Å². The maximum Gasteiger partial charge on any atom is 0.307 e. The summed E-state index contributed by atoms with van der Waals surface area (Å²) in [5.74, 6) is 0.268. The topological polar surface area (TPSA) is 46.6 Å². The Morgan fingerprint density at radius 1 is 1.27 bits per heavy atom. The number of hydrogen-bond acceptors (Lipinski definition) is 3. The van der Waals surface area contributed by atoms with Crippen LogP contribution in [0.2, 0.25) is 0 Å². The summed E-state index contributed by atoms with van der Waals surface area (Å²) in [5.41, 5.74) is 1.46. The molecule has 0 N–H and O–H groups in total. The van der Waals surface area contributed by atoms with Crippen molar-refractivity contribution >= 4 is 11.9 Å². The second-order valence-electron chi connectivity index (χ2n) is 6.39. The molecule has 0 spiro atoms. The molecule has 0 saturated carbocycles. The van der Waals surface area contributed by atoms with Crippen molar-refractivity contribution in [1.29, 1.82) is 0 Å². The maximum atomic E-state index is 12.4. The first kappa shape index (κ1) is 18.7. The van der Waals surface area contributed by atoms with Gasteiger partial charge < -0.3 is 9.64 Å². The zero-order valence-electron chi connectivity index (χ0n) is 14.4. The Morgan fingerprint density at radius 3 is 2.64 bits per heavy atom. The van der Waals surface area contributed by atoms with Crippen LogP contribution in [0.1, 0.15) is 65.7 Å². The van der Waals surface area contributed by atoms with Gasteiger partial charge in [-0.25, -0.2) is 0 Å². The molecular weight excluding hydrogens is 278 g/mol. The highest BCUT2D eigenvalue weighted by atomic mass is 16.5. The summed E-state index contributed by atoms with van der Waals surface area (Å²) in [6.45, 7) is 7.48. The van der Waals surface area contributed by atoms with Crippen molar-refractivity contribution < 1.29 is 14.3 Å². The Kier molecular flexibility index (Phi) is 8.86. The number of esters is 1. The van der Waals surface area contributed by atoms with Crippen molar-refractivity contribution in [2.45, 2.75) is 65.7 Å². The zero-order valence-corrected chi connectivity index (χ0v) is 14.4. The molecule has 4 heteroatoms. The highest BCUT2D eigenvalue weighted by Gasteiger charge is 2.17. The Bertz CT molecular complexity index is 388. The minimum Gasteiger partial charge on any atom is -0.466 e. The SMILES string of the molecule is CCOC(=O)CCN(CCC1=CCCCC1)C(=O)CC(C)C. The lowest BCUT2D eigenvalue weighted by molar-refractivity contribution is -0.144. The number of ether oxygens (including phenoxy) is 1. The molecule has 0 heterocycles. The van der Waals surface area contributed by atoms with Crippen molar-refractivity contribution in [3.63, 3.8) is 0 Å². The summed E-state index contributed by atoms with van der Waals surface area (Å²) in [4.78, 5) is 25.7. The highest BCUT2D eigenvalue weighted by molar-refractivity contribution is 5.77. The first-order valence-corrected chi connectivity index (χ1v) is 8.64. The fourth-order valence-corrected chi connectivity index (χ4v) is 2.71. The van der Waals surface area contributed by atoms with Crippen LogP contribution < -0.4 is 0 Å². The van der Waals surface area contributed by atoms with Crippen molar-refractivity contribution in [3.05, 3.63) is 11.6 Å². The minimum absolute atomic E-state index is 0.149. The molecule has 4 nitrogen and oxygen atoms in total. The van der Waals surface area contributed by atoms with E-state index in [0.29, 0.717) is 25.5 Å². The van der Waals surface area contributed by atoms with E-state index in [2.05, 4.69) is 6.08 Å². The van der Waals surface area contributed by atoms with Crippen LogP contribution in [0.4, 0.5) is 0 Å². The molecular formula is C18H31NO3. The fourth-order valence-electron chi connectivity index (χ4n) is 2.71. The van der Waals surface area contributed by atoms with Crippen molar-refractivity contribution in [3.8, 4) is 0 Å². The summed E-state index contributed by atoms with van der Waals surface area (Å²) in [5, 5.41) is 0. The van der Waals surface area contributed by atoms with E-state index in [4.69, 9.17) is 4.74 Å². The molecule has 22 heavy (non-hydrogen) atoms. The molecule has 0 aromatic carbocycles. The molecule has 0 aliphatic heterocycles. The molecule has 1 amide bonds. The molecule has 0 radical (unpaired) electrons. The Hall–Kier alpha value is -1.32. The number of rotatable bonds is 9. The third kappa shape index (κ3) is 7.62.